The summed E-state index contributed by atoms with van der Waals surface area (Å²) >= 11 is 0. The highest BCUT2D eigenvalue weighted by atomic mass is 32.2. The fourth-order valence-electron chi connectivity index (χ4n) is 2.31. The average Bonchev–Trinajstić information content (AvgIpc) is 2.61. The minimum Gasteiger partial charge on any atom is -0.380 e. The highest BCUT2D eigenvalue weighted by Crippen LogP contribution is 2.20. The van der Waals surface area contributed by atoms with Crippen molar-refractivity contribution in [3.8, 4) is 11.1 Å². The van der Waals surface area contributed by atoms with E-state index in [4.69, 9.17) is 0 Å². The van der Waals surface area contributed by atoms with E-state index in [9.17, 15) is 8.42 Å². The van der Waals surface area contributed by atoms with Crippen molar-refractivity contribution in [1.29, 1.82) is 0 Å². The summed E-state index contributed by atoms with van der Waals surface area (Å²) < 4.78 is 22.8. The Morgan fingerprint density at radius 3 is 2.46 bits per heavy atom. The molecule has 0 spiro atoms. The van der Waals surface area contributed by atoms with Crippen molar-refractivity contribution in [2.75, 3.05) is 11.6 Å². The SMILES string of the molecule is CS(=O)(=O)c1ccc(NCc2cccc(-c3ccncc3)c2)cn1. The van der Waals surface area contributed by atoms with Gasteiger partial charge in [0.25, 0.3) is 0 Å². The Labute approximate surface area is 141 Å². The van der Waals surface area contributed by atoms with E-state index < -0.39 is 9.84 Å². The number of aromatic nitrogens is 2. The van der Waals surface area contributed by atoms with Gasteiger partial charge in [-0.2, -0.15) is 0 Å². The zero-order chi connectivity index (χ0) is 17.0. The van der Waals surface area contributed by atoms with Crippen LogP contribution in [-0.4, -0.2) is 24.6 Å². The fourth-order valence-corrected chi connectivity index (χ4v) is 2.87. The van der Waals surface area contributed by atoms with Gasteiger partial charge in [0, 0.05) is 25.2 Å². The minimum atomic E-state index is -3.27. The van der Waals surface area contributed by atoms with Gasteiger partial charge in [-0.3, -0.25) is 4.98 Å². The molecule has 0 radical (unpaired) electrons. The number of anilines is 1. The molecule has 0 unspecified atom stereocenters. The molecule has 0 aliphatic carbocycles. The lowest BCUT2D eigenvalue weighted by Gasteiger charge is -2.08. The Morgan fingerprint density at radius 1 is 1.00 bits per heavy atom. The molecule has 1 aromatic carbocycles. The van der Waals surface area contributed by atoms with Crippen LogP contribution in [0.1, 0.15) is 5.56 Å². The first kappa shape index (κ1) is 16.1. The van der Waals surface area contributed by atoms with Crippen LogP contribution in [-0.2, 0) is 16.4 Å². The summed E-state index contributed by atoms with van der Waals surface area (Å²) in [7, 11) is -3.27. The van der Waals surface area contributed by atoms with Gasteiger partial charge in [-0.05, 0) is 47.0 Å². The molecule has 2 heterocycles. The smallest absolute Gasteiger partial charge is 0.192 e. The van der Waals surface area contributed by atoms with Gasteiger partial charge in [0.2, 0.25) is 0 Å². The molecule has 0 fully saturated rings. The lowest BCUT2D eigenvalue weighted by atomic mass is 10.0. The number of pyridine rings is 2. The Kier molecular flexibility index (Phi) is 4.57. The lowest BCUT2D eigenvalue weighted by molar-refractivity contribution is 0.598. The number of nitrogens with zero attached hydrogens (tertiary/aromatic N) is 2. The van der Waals surface area contributed by atoms with Crippen molar-refractivity contribution < 1.29 is 8.42 Å². The molecule has 0 amide bonds. The van der Waals surface area contributed by atoms with Gasteiger partial charge >= 0.3 is 0 Å². The van der Waals surface area contributed by atoms with Gasteiger partial charge in [0.05, 0.1) is 11.9 Å². The number of sulfone groups is 1. The minimum absolute atomic E-state index is 0.0766. The van der Waals surface area contributed by atoms with Gasteiger partial charge < -0.3 is 5.32 Å². The summed E-state index contributed by atoms with van der Waals surface area (Å²) in [5.74, 6) is 0. The van der Waals surface area contributed by atoms with Gasteiger partial charge in [0.15, 0.2) is 14.9 Å². The molecule has 1 N–H and O–H groups in total. The first-order chi connectivity index (χ1) is 11.5. The van der Waals surface area contributed by atoms with Gasteiger partial charge in [-0.15, -0.1) is 0 Å². The second-order valence-corrected chi connectivity index (χ2v) is 7.41. The van der Waals surface area contributed by atoms with Crippen LogP contribution in [0.3, 0.4) is 0 Å². The van der Waals surface area contributed by atoms with Crippen molar-refractivity contribution >= 4 is 15.5 Å². The van der Waals surface area contributed by atoms with E-state index in [2.05, 4.69) is 27.4 Å². The molecule has 0 aliphatic heterocycles. The normalized spacial score (nSPS) is 11.2. The third-order valence-corrected chi connectivity index (χ3v) is 4.55. The van der Waals surface area contributed by atoms with E-state index in [1.54, 1.807) is 18.5 Å². The van der Waals surface area contributed by atoms with Crippen molar-refractivity contribution in [3.63, 3.8) is 0 Å². The van der Waals surface area contributed by atoms with E-state index in [0.29, 0.717) is 6.54 Å². The predicted octanol–water partition coefficient (Wildman–Crippen LogP) is 3.16. The van der Waals surface area contributed by atoms with Gasteiger partial charge in [-0.25, -0.2) is 13.4 Å². The highest BCUT2D eigenvalue weighted by Gasteiger charge is 2.07. The molecule has 0 atom stereocenters. The van der Waals surface area contributed by atoms with Crippen molar-refractivity contribution in [2.24, 2.45) is 0 Å². The molecule has 0 saturated heterocycles. The lowest BCUT2D eigenvalue weighted by Crippen LogP contribution is -2.03. The molecule has 3 aromatic rings. The number of hydrogen-bond donors (Lipinski definition) is 1. The summed E-state index contributed by atoms with van der Waals surface area (Å²) in [6.45, 7) is 0.624. The third-order valence-electron chi connectivity index (χ3n) is 3.55. The van der Waals surface area contributed by atoms with Crippen LogP contribution in [0.5, 0.6) is 0 Å². The van der Waals surface area contributed by atoms with Gasteiger partial charge in [-0.1, -0.05) is 18.2 Å². The Balaban J connectivity index is 1.71. The van der Waals surface area contributed by atoms with E-state index in [0.717, 1.165) is 28.6 Å². The number of benzene rings is 1. The van der Waals surface area contributed by atoms with Crippen LogP contribution in [0.25, 0.3) is 11.1 Å². The second-order valence-electron chi connectivity index (χ2n) is 5.45. The first-order valence-corrected chi connectivity index (χ1v) is 9.31. The molecule has 24 heavy (non-hydrogen) atoms. The quantitative estimate of drug-likeness (QED) is 0.773. The number of nitrogens with one attached hydrogen (secondary N) is 1. The van der Waals surface area contributed by atoms with Crippen LogP contribution < -0.4 is 5.32 Å². The average molecular weight is 339 g/mol. The molecule has 5 nitrogen and oxygen atoms in total. The van der Waals surface area contributed by atoms with Crippen LogP contribution >= 0.6 is 0 Å². The standard InChI is InChI=1S/C18H17N3O2S/c1-24(22,23)18-6-5-17(13-21-18)20-12-14-3-2-4-16(11-14)15-7-9-19-10-8-15/h2-11,13,20H,12H2,1H3. The summed E-state index contributed by atoms with van der Waals surface area (Å²) in [5, 5.41) is 3.33. The van der Waals surface area contributed by atoms with E-state index in [-0.39, 0.29) is 5.03 Å². The molecule has 2 aromatic heterocycles. The van der Waals surface area contributed by atoms with Crippen LogP contribution in [0, 0.1) is 0 Å². The summed E-state index contributed by atoms with van der Waals surface area (Å²) in [5.41, 5.74) is 4.14. The summed E-state index contributed by atoms with van der Waals surface area (Å²) in [6.07, 6.45) is 6.22. The summed E-state index contributed by atoms with van der Waals surface area (Å²) in [4.78, 5) is 8.00. The zero-order valence-corrected chi connectivity index (χ0v) is 14.0. The van der Waals surface area contributed by atoms with Gasteiger partial charge in [0.1, 0.15) is 0 Å². The third kappa shape index (κ3) is 3.97. The highest BCUT2D eigenvalue weighted by molar-refractivity contribution is 7.90. The van der Waals surface area contributed by atoms with E-state index in [1.165, 1.54) is 12.3 Å². The van der Waals surface area contributed by atoms with E-state index in [1.807, 2.05) is 24.3 Å². The Bertz CT molecular complexity index is 924. The number of hydrogen-bond acceptors (Lipinski definition) is 5. The molecule has 122 valence electrons. The molecular formula is C18H17N3O2S. The molecule has 0 aliphatic rings. The van der Waals surface area contributed by atoms with Crippen LogP contribution in [0.15, 0.2) is 72.1 Å². The monoisotopic (exact) mass is 339 g/mol. The van der Waals surface area contributed by atoms with Crippen LogP contribution in [0.2, 0.25) is 0 Å². The van der Waals surface area contributed by atoms with E-state index >= 15 is 0 Å². The van der Waals surface area contributed by atoms with Crippen LogP contribution in [0.4, 0.5) is 5.69 Å². The first-order valence-electron chi connectivity index (χ1n) is 7.42. The van der Waals surface area contributed by atoms with Crippen molar-refractivity contribution in [1.82, 2.24) is 9.97 Å². The van der Waals surface area contributed by atoms with Crippen molar-refractivity contribution in [3.05, 3.63) is 72.7 Å². The molecule has 0 saturated carbocycles. The maximum Gasteiger partial charge on any atom is 0.192 e. The Morgan fingerprint density at radius 2 is 1.79 bits per heavy atom. The van der Waals surface area contributed by atoms with Crippen molar-refractivity contribution in [2.45, 2.75) is 11.6 Å². The molecule has 6 heteroatoms. The molecule has 3 rings (SSSR count). The molecule has 0 bridgehead atoms. The topological polar surface area (TPSA) is 72.0 Å². The summed E-state index contributed by atoms with van der Waals surface area (Å²) in [6, 6.07) is 15.4. The predicted molar refractivity (Wildman–Crippen MR) is 94.3 cm³/mol. The zero-order valence-electron chi connectivity index (χ0n) is 13.2. The second kappa shape index (κ2) is 6.80. The maximum absolute atomic E-state index is 11.4. The largest absolute Gasteiger partial charge is 0.380 e. The number of rotatable bonds is 5. The molecular weight excluding hydrogens is 322 g/mol. The Hall–Kier alpha value is -2.73. The fraction of sp³-hybridized carbons (Fsp3) is 0.111. The maximum atomic E-state index is 11.4.